The Morgan fingerprint density at radius 3 is 2.42 bits per heavy atom. The van der Waals surface area contributed by atoms with E-state index in [1.54, 1.807) is 24.3 Å². The lowest BCUT2D eigenvalue weighted by Gasteiger charge is -2.01. The number of nitrogens with one attached hydrogen (secondary N) is 1. The van der Waals surface area contributed by atoms with Crippen molar-refractivity contribution >= 4 is 5.69 Å². The van der Waals surface area contributed by atoms with Crippen molar-refractivity contribution in [1.29, 1.82) is 5.53 Å². The third-order valence-corrected chi connectivity index (χ3v) is 1.38. The minimum atomic E-state index is 0.0652. The first-order valence-corrected chi connectivity index (χ1v) is 3.65. The second-order valence-corrected chi connectivity index (χ2v) is 2.22. The van der Waals surface area contributed by atoms with Gasteiger partial charge in [0.15, 0.2) is 0 Å². The van der Waals surface area contributed by atoms with Crippen molar-refractivity contribution in [1.82, 2.24) is 0 Å². The van der Waals surface area contributed by atoms with Crippen molar-refractivity contribution in [2.45, 2.75) is 6.92 Å². The summed E-state index contributed by atoms with van der Waals surface area (Å²) in [6.45, 7) is 2.49. The summed E-state index contributed by atoms with van der Waals surface area (Å²) in [5.41, 5.74) is 7.03. The van der Waals surface area contributed by atoms with Crippen LogP contribution in [0.5, 0.6) is 5.75 Å². The van der Waals surface area contributed by atoms with Gasteiger partial charge in [-0.25, -0.2) is 0 Å². The molecule has 0 amide bonds. The van der Waals surface area contributed by atoms with Gasteiger partial charge in [-0.2, -0.15) is 0 Å². The van der Waals surface area contributed by atoms with E-state index in [0.29, 0.717) is 18.0 Å². The Morgan fingerprint density at radius 2 is 2.00 bits per heavy atom. The SMILES string of the molecule is CCOc1ccc([N+](=N)[O-])cc1. The van der Waals surface area contributed by atoms with Crippen LogP contribution >= 0.6 is 0 Å². The smallest absolute Gasteiger partial charge is 0.244 e. The highest BCUT2D eigenvalue weighted by atomic mass is 16.5. The fraction of sp³-hybridized carbons (Fsp3) is 0.250. The van der Waals surface area contributed by atoms with Gasteiger partial charge in [-0.15, -0.1) is 0 Å². The van der Waals surface area contributed by atoms with E-state index in [9.17, 15) is 5.21 Å². The van der Waals surface area contributed by atoms with Gasteiger partial charge in [0.25, 0.3) is 0 Å². The summed E-state index contributed by atoms with van der Waals surface area (Å²) in [6.07, 6.45) is 0. The first-order valence-electron chi connectivity index (χ1n) is 3.65. The zero-order chi connectivity index (χ0) is 8.97. The van der Waals surface area contributed by atoms with Gasteiger partial charge in [0.1, 0.15) is 5.75 Å². The minimum absolute atomic E-state index is 0.0652. The van der Waals surface area contributed by atoms with E-state index in [-0.39, 0.29) is 4.86 Å². The molecule has 0 aromatic heterocycles. The monoisotopic (exact) mass is 166 g/mol. The second-order valence-electron chi connectivity index (χ2n) is 2.22. The number of hydrogen-bond acceptors (Lipinski definition) is 3. The molecule has 0 unspecified atom stereocenters. The van der Waals surface area contributed by atoms with Crippen molar-refractivity contribution in [2.75, 3.05) is 6.61 Å². The summed E-state index contributed by atoms with van der Waals surface area (Å²) in [5, 5.41) is 10.5. The maximum Gasteiger partial charge on any atom is 0.244 e. The van der Waals surface area contributed by atoms with Gasteiger partial charge in [0.2, 0.25) is 5.69 Å². The predicted molar refractivity (Wildman–Crippen MR) is 43.6 cm³/mol. The molecule has 4 nitrogen and oxygen atoms in total. The molecule has 0 spiro atoms. The third-order valence-electron chi connectivity index (χ3n) is 1.38. The molecule has 1 aromatic rings. The molecule has 0 aliphatic rings. The molecule has 0 aliphatic carbocycles. The van der Waals surface area contributed by atoms with Crippen molar-refractivity contribution in [2.24, 2.45) is 0 Å². The zero-order valence-corrected chi connectivity index (χ0v) is 6.78. The van der Waals surface area contributed by atoms with Crippen LogP contribution in [0.4, 0.5) is 5.69 Å². The highest BCUT2D eigenvalue weighted by Crippen LogP contribution is 2.16. The van der Waals surface area contributed by atoms with Gasteiger partial charge < -0.3 is 9.94 Å². The van der Waals surface area contributed by atoms with Crippen LogP contribution in [-0.4, -0.2) is 11.5 Å². The van der Waals surface area contributed by atoms with Gasteiger partial charge in [-0.3, -0.25) is 0 Å². The van der Waals surface area contributed by atoms with E-state index >= 15 is 0 Å². The Bertz CT molecular complexity index is 269. The molecule has 12 heavy (non-hydrogen) atoms. The number of rotatable bonds is 3. The van der Waals surface area contributed by atoms with E-state index in [1.807, 2.05) is 6.92 Å². The Morgan fingerprint density at radius 1 is 1.42 bits per heavy atom. The number of ether oxygens (including phenoxy) is 1. The summed E-state index contributed by atoms with van der Waals surface area (Å²) in [5.74, 6) is 0.711. The molecule has 0 saturated heterocycles. The fourth-order valence-corrected chi connectivity index (χ4v) is 0.844. The highest BCUT2D eigenvalue weighted by Gasteiger charge is 1.99. The normalized spacial score (nSPS) is 9.42. The second kappa shape index (κ2) is 3.71. The predicted octanol–water partition coefficient (Wildman–Crippen LogP) is 2.26. The van der Waals surface area contributed by atoms with Crippen LogP contribution in [0, 0.1) is 10.7 Å². The van der Waals surface area contributed by atoms with Gasteiger partial charge in [0, 0.05) is 12.1 Å². The van der Waals surface area contributed by atoms with E-state index in [2.05, 4.69) is 0 Å². The number of hydrogen-bond donors (Lipinski definition) is 1. The summed E-state index contributed by atoms with van der Waals surface area (Å²) in [7, 11) is 0. The third kappa shape index (κ3) is 1.95. The standard InChI is InChI=1S/C8H10N2O2/c1-2-12-8-5-3-7(4-6-8)10(9)11/h3-6,9H,2H2,1H3. The average molecular weight is 166 g/mol. The zero-order valence-electron chi connectivity index (χ0n) is 6.78. The molecule has 0 heterocycles. The van der Waals surface area contributed by atoms with Gasteiger partial charge >= 0.3 is 0 Å². The average Bonchev–Trinajstić information content (AvgIpc) is 2.06. The van der Waals surface area contributed by atoms with Crippen LogP contribution in [0.1, 0.15) is 6.92 Å². The molecule has 0 atom stereocenters. The molecule has 0 radical (unpaired) electrons. The topological polar surface area (TPSA) is 59.2 Å². The quantitative estimate of drug-likeness (QED) is 0.425. The van der Waals surface area contributed by atoms with Crippen LogP contribution < -0.4 is 4.74 Å². The van der Waals surface area contributed by atoms with Crippen LogP contribution in [0.25, 0.3) is 0 Å². The molecular formula is C8H10N2O2. The van der Waals surface area contributed by atoms with Gasteiger partial charge in [-0.05, 0) is 24.6 Å². The largest absolute Gasteiger partial charge is 0.594 e. The first-order chi connectivity index (χ1) is 5.74. The van der Waals surface area contributed by atoms with Crippen molar-refractivity contribution in [3.63, 3.8) is 0 Å². The maximum absolute atomic E-state index is 10.5. The lowest BCUT2D eigenvalue weighted by Crippen LogP contribution is -1.91. The molecule has 0 bridgehead atoms. The summed E-state index contributed by atoms with van der Waals surface area (Å²) in [6, 6.07) is 6.42. The Kier molecular flexibility index (Phi) is 2.63. The molecule has 1 rings (SSSR count). The Labute approximate surface area is 70.5 Å². The molecular weight excluding hydrogens is 156 g/mol. The molecule has 64 valence electrons. The number of nitrogens with zero attached hydrogens (tertiary/aromatic N) is 1. The van der Waals surface area contributed by atoms with Crippen molar-refractivity contribution in [3.8, 4) is 5.75 Å². The molecule has 4 heteroatoms. The highest BCUT2D eigenvalue weighted by molar-refractivity contribution is 5.35. The molecule has 1 aromatic carbocycles. The molecule has 1 N–H and O–H groups in total. The molecule has 0 aliphatic heterocycles. The lowest BCUT2D eigenvalue weighted by atomic mass is 10.3. The van der Waals surface area contributed by atoms with Gasteiger partial charge in [-0.1, -0.05) is 4.86 Å². The van der Waals surface area contributed by atoms with Crippen LogP contribution in [-0.2, 0) is 0 Å². The van der Waals surface area contributed by atoms with E-state index in [4.69, 9.17) is 10.3 Å². The van der Waals surface area contributed by atoms with Crippen LogP contribution in [0.3, 0.4) is 0 Å². The van der Waals surface area contributed by atoms with Crippen molar-refractivity contribution in [3.05, 3.63) is 29.5 Å². The van der Waals surface area contributed by atoms with E-state index in [0.717, 1.165) is 0 Å². The van der Waals surface area contributed by atoms with Crippen molar-refractivity contribution < 1.29 is 9.60 Å². The van der Waals surface area contributed by atoms with Gasteiger partial charge in [0.05, 0.1) is 6.61 Å². The Hall–Kier alpha value is -1.58. The van der Waals surface area contributed by atoms with Crippen LogP contribution in [0.2, 0.25) is 0 Å². The summed E-state index contributed by atoms with van der Waals surface area (Å²) in [4.78, 5) is 0.0652. The summed E-state index contributed by atoms with van der Waals surface area (Å²) >= 11 is 0. The summed E-state index contributed by atoms with van der Waals surface area (Å²) < 4.78 is 5.16. The molecule has 0 saturated carbocycles. The molecule has 0 fully saturated rings. The minimum Gasteiger partial charge on any atom is -0.594 e. The number of benzene rings is 1. The lowest BCUT2D eigenvalue weighted by molar-refractivity contribution is -0.465. The Balaban J connectivity index is 2.78. The fourth-order valence-electron chi connectivity index (χ4n) is 0.844. The van der Waals surface area contributed by atoms with Crippen LogP contribution in [0.15, 0.2) is 24.3 Å². The first kappa shape index (κ1) is 8.52. The maximum atomic E-state index is 10.5. The van der Waals surface area contributed by atoms with E-state index < -0.39 is 0 Å². The van der Waals surface area contributed by atoms with E-state index in [1.165, 1.54) is 0 Å².